The first-order valence-corrected chi connectivity index (χ1v) is 7.70. The molecule has 1 N–H and O–H groups in total. The summed E-state index contributed by atoms with van der Waals surface area (Å²) in [6, 6.07) is 0. The molecule has 0 amide bonds. The highest BCUT2D eigenvalue weighted by atomic mass is 19.1. The zero-order valence-electron chi connectivity index (χ0n) is 12.1. The maximum absolute atomic E-state index is 12.5. The summed E-state index contributed by atoms with van der Waals surface area (Å²) in [6.07, 6.45) is 13.6. The fourth-order valence-electron chi connectivity index (χ4n) is 2.16. The molecule has 18 heavy (non-hydrogen) atoms. The quantitative estimate of drug-likeness (QED) is 0.430. The van der Waals surface area contributed by atoms with Gasteiger partial charge in [-0.3, -0.25) is 0 Å². The first-order valence-electron chi connectivity index (χ1n) is 7.70. The Kier molecular flexibility index (Phi) is 12.8. The van der Waals surface area contributed by atoms with Crippen LogP contribution < -0.4 is 0 Å². The number of hydrogen-bond acceptors (Lipinski definition) is 1. The molecule has 1 atom stereocenters. The third kappa shape index (κ3) is 12.1. The van der Waals surface area contributed by atoms with Crippen molar-refractivity contribution >= 4 is 0 Å². The van der Waals surface area contributed by atoms with Crippen LogP contribution in [0.25, 0.3) is 0 Å². The van der Waals surface area contributed by atoms with Crippen molar-refractivity contribution < 1.29 is 9.50 Å². The van der Waals surface area contributed by atoms with Crippen LogP contribution in [0.5, 0.6) is 0 Å². The van der Waals surface area contributed by atoms with E-state index in [1.54, 1.807) is 0 Å². The highest BCUT2D eigenvalue weighted by Crippen LogP contribution is 2.14. The summed E-state index contributed by atoms with van der Waals surface area (Å²) >= 11 is 0. The Morgan fingerprint density at radius 3 is 1.67 bits per heavy atom. The predicted octanol–water partition coefficient (Wildman–Crippen LogP) is 5.53. The van der Waals surface area contributed by atoms with Gasteiger partial charge < -0.3 is 5.11 Å². The standard InChI is InChI=1S/C16H31FO/c1-3-4-5-6-7-8-9-10-11-12-13-14-16(18)15(2)17/h16,18H,2-14H2,1H3. The van der Waals surface area contributed by atoms with Gasteiger partial charge in [0, 0.05) is 0 Å². The van der Waals surface area contributed by atoms with Crippen LogP contribution in [0.4, 0.5) is 4.39 Å². The average molecular weight is 258 g/mol. The summed E-state index contributed by atoms with van der Waals surface area (Å²) in [5.41, 5.74) is 0. The third-order valence-corrected chi connectivity index (χ3v) is 3.44. The number of aliphatic hydroxyl groups is 1. The fraction of sp³-hybridized carbons (Fsp3) is 0.875. The Labute approximate surface area is 112 Å². The van der Waals surface area contributed by atoms with Crippen molar-refractivity contribution in [2.45, 2.75) is 90.1 Å². The minimum Gasteiger partial charge on any atom is -0.386 e. The van der Waals surface area contributed by atoms with E-state index in [0.29, 0.717) is 6.42 Å². The van der Waals surface area contributed by atoms with E-state index >= 15 is 0 Å². The fourth-order valence-corrected chi connectivity index (χ4v) is 2.16. The van der Waals surface area contributed by atoms with E-state index in [1.807, 2.05) is 0 Å². The second kappa shape index (κ2) is 13.1. The molecule has 0 saturated carbocycles. The van der Waals surface area contributed by atoms with E-state index in [0.717, 1.165) is 12.8 Å². The monoisotopic (exact) mass is 258 g/mol. The molecule has 0 aromatic carbocycles. The van der Waals surface area contributed by atoms with Gasteiger partial charge in [-0.25, -0.2) is 4.39 Å². The topological polar surface area (TPSA) is 20.2 Å². The molecule has 0 aliphatic heterocycles. The van der Waals surface area contributed by atoms with E-state index in [4.69, 9.17) is 0 Å². The number of aliphatic hydroxyl groups excluding tert-OH is 1. The van der Waals surface area contributed by atoms with Crippen molar-refractivity contribution in [1.29, 1.82) is 0 Å². The van der Waals surface area contributed by atoms with Gasteiger partial charge in [0.25, 0.3) is 0 Å². The van der Waals surface area contributed by atoms with Crippen molar-refractivity contribution in [3.8, 4) is 0 Å². The van der Waals surface area contributed by atoms with Crippen molar-refractivity contribution in [2.24, 2.45) is 0 Å². The van der Waals surface area contributed by atoms with Crippen LogP contribution in [-0.4, -0.2) is 11.2 Å². The summed E-state index contributed by atoms with van der Waals surface area (Å²) in [7, 11) is 0. The second-order valence-corrected chi connectivity index (χ2v) is 5.29. The zero-order valence-corrected chi connectivity index (χ0v) is 12.1. The van der Waals surface area contributed by atoms with Crippen LogP contribution in [0, 0.1) is 0 Å². The predicted molar refractivity (Wildman–Crippen MR) is 77.3 cm³/mol. The Balaban J connectivity index is 3.05. The molecule has 0 aliphatic carbocycles. The Bertz CT molecular complexity index is 192. The number of halogens is 1. The molecule has 0 heterocycles. The van der Waals surface area contributed by atoms with Crippen LogP contribution in [0.1, 0.15) is 84.0 Å². The van der Waals surface area contributed by atoms with E-state index < -0.39 is 11.9 Å². The van der Waals surface area contributed by atoms with Crippen LogP contribution in [-0.2, 0) is 0 Å². The first kappa shape index (κ1) is 17.6. The van der Waals surface area contributed by atoms with Crippen LogP contribution in [0.2, 0.25) is 0 Å². The summed E-state index contributed by atoms with van der Waals surface area (Å²) < 4.78 is 12.5. The lowest BCUT2D eigenvalue weighted by Gasteiger charge is -2.06. The van der Waals surface area contributed by atoms with Crippen molar-refractivity contribution in [1.82, 2.24) is 0 Å². The maximum atomic E-state index is 12.5. The highest BCUT2D eigenvalue weighted by Gasteiger charge is 2.06. The Hall–Kier alpha value is -0.370. The lowest BCUT2D eigenvalue weighted by atomic mass is 10.0. The van der Waals surface area contributed by atoms with E-state index in [9.17, 15) is 9.50 Å². The zero-order chi connectivity index (χ0) is 13.6. The molecule has 0 radical (unpaired) electrons. The molecule has 0 aliphatic rings. The lowest BCUT2D eigenvalue weighted by Crippen LogP contribution is -2.05. The average Bonchev–Trinajstić information content (AvgIpc) is 2.35. The van der Waals surface area contributed by atoms with Gasteiger partial charge in [0.2, 0.25) is 0 Å². The summed E-state index contributed by atoms with van der Waals surface area (Å²) in [5, 5.41) is 9.20. The molecule has 0 fully saturated rings. The molecule has 2 heteroatoms. The van der Waals surface area contributed by atoms with Gasteiger partial charge in [0.05, 0.1) is 0 Å². The number of unbranched alkanes of at least 4 members (excludes halogenated alkanes) is 10. The van der Waals surface area contributed by atoms with Crippen molar-refractivity contribution in [2.75, 3.05) is 0 Å². The molecule has 108 valence electrons. The van der Waals surface area contributed by atoms with Crippen molar-refractivity contribution in [3.05, 3.63) is 12.4 Å². The molecule has 0 spiro atoms. The van der Waals surface area contributed by atoms with E-state index in [-0.39, 0.29) is 0 Å². The summed E-state index contributed by atoms with van der Waals surface area (Å²) in [6.45, 7) is 5.35. The Morgan fingerprint density at radius 2 is 1.28 bits per heavy atom. The van der Waals surface area contributed by atoms with Gasteiger partial charge in [-0.2, -0.15) is 0 Å². The lowest BCUT2D eigenvalue weighted by molar-refractivity contribution is 0.170. The minimum atomic E-state index is -0.941. The molecule has 0 rings (SSSR count). The third-order valence-electron chi connectivity index (χ3n) is 3.44. The van der Waals surface area contributed by atoms with Gasteiger partial charge in [-0.15, -0.1) is 0 Å². The van der Waals surface area contributed by atoms with E-state index in [1.165, 1.54) is 57.8 Å². The van der Waals surface area contributed by atoms with E-state index in [2.05, 4.69) is 13.5 Å². The van der Waals surface area contributed by atoms with Gasteiger partial charge in [-0.1, -0.05) is 84.1 Å². The number of hydrogen-bond donors (Lipinski definition) is 1. The molecule has 1 nitrogen and oxygen atoms in total. The molecule has 0 bridgehead atoms. The largest absolute Gasteiger partial charge is 0.386 e. The van der Waals surface area contributed by atoms with Gasteiger partial charge in [0.15, 0.2) is 0 Å². The van der Waals surface area contributed by atoms with Gasteiger partial charge in [0.1, 0.15) is 11.9 Å². The molecule has 0 aromatic rings. The molecular formula is C16H31FO. The normalized spacial score (nSPS) is 12.6. The molecular weight excluding hydrogens is 227 g/mol. The highest BCUT2D eigenvalue weighted by molar-refractivity contribution is 4.88. The SMILES string of the molecule is C=C(F)C(O)CCCCCCCCCCCCC. The van der Waals surface area contributed by atoms with Crippen LogP contribution in [0.3, 0.4) is 0 Å². The minimum absolute atomic E-state index is 0.520. The van der Waals surface area contributed by atoms with Crippen LogP contribution >= 0.6 is 0 Å². The smallest absolute Gasteiger partial charge is 0.121 e. The number of rotatable bonds is 13. The van der Waals surface area contributed by atoms with Gasteiger partial charge in [-0.05, 0) is 6.42 Å². The summed E-state index contributed by atoms with van der Waals surface area (Å²) in [5.74, 6) is -0.595. The van der Waals surface area contributed by atoms with Crippen LogP contribution in [0.15, 0.2) is 12.4 Å². The molecule has 0 saturated heterocycles. The second-order valence-electron chi connectivity index (χ2n) is 5.29. The molecule has 0 aromatic heterocycles. The van der Waals surface area contributed by atoms with Crippen molar-refractivity contribution in [3.63, 3.8) is 0 Å². The first-order chi connectivity index (χ1) is 8.68. The van der Waals surface area contributed by atoms with Gasteiger partial charge >= 0.3 is 0 Å². The maximum Gasteiger partial charge on any atom is 0.121 e. The Morgan fingerprint density at radius 1 is 0.889 bits per heavy atom. The molecule has 1 unspecified atom stereocenters. The summed E-state index contributed by atoms with van der Waals surface area (Å²) in [4.78, 5) is 0.